The van der Waals surface area contributed by atoms with E-state index < -0.39 is 0 Å². The third-order valence-corrected chi connectivity index (χ3v) is 3.75. The van der Waals surface area contributed by atoms with Gasteiger partial charge in [-0.2, -0.15) is 5.10 Å². The minimum atomic E-state index is -0.312. The standard InChI is InChI=1S/C15H19N5O2/c1-8-4-5-11(9(2)16-8)15(21)18-12-6-7-22-13(12)14-17-10(3)19-20-14/h4-5,12-13H,6-7H2,1-3H3,(H,18,21)(H,17,19,20)/t12-,13+/m0/s1. The van der Waals surface area contributed by atoms with Crippen LogP contribution in [0.3, 0.4) is 0 Å². The minimum absolute atomic E-state index is 0.136. The molecule has 0 radical (unpaired) electrons. The van der Waals surface area contributed by atoms with Crippen LogP contribution < -0.4 is 5.32 Å². The molecule has 2 N–H and O–H groups in total. The maximum absolute atomic E-state index is 12.5. The molecule has 2 atom stereocenters. The van der Waals surface area contributed by atoms with Crippen molar-refractivity contribution < 1.29 is 9.53 Å². The summed E-state index contributed by atoms with van der Waals surface area (Å²) in [5, 5.41) is 9.95. The van der Waals surface area contributed by atoms with Crippen LogP contribution in [-0.4, -0.2) is 38.7 Å². The maximum Gasteiger partial charge on any atom is 0.253 e. The number of ether oxygens (including phenoxy) is 1. The summed E-state index contributed by atoms with van der Waals surface area (Å²) in [6, 6.07) is 3.50. The van der Waals surface area contributed by atoms with Crippen molar-refractivity contribution in [1.82, 2.24) is 25.5 Å². The lowest BCUT2D eigenvalue weighted by atomic mass is 10.1. The minimum Gasteiger partial charge on any atom is -0.368 e. The normalized spacial score (nSPS) is 21.0. The molecule has 0 aliphatic carbocycles. The van der Waals surface area contributed by atoms with Gasteiger partial charge in [0.1, 0.15) is 11.9 Å². The van der Waals surface area contributed by atoms with Crippen molar-refractivity contribution in [1.29, 1.82) is 0 Å². The molecule has 1 aliphatic heterocycles. The summed E-state index contributed by atoms with van der Waals surface area (Å²) in [6.07, 6.45) is 0.426. The van der Waals surface area contributed by atoms with Gasteiger partial charge in [0.25, 0.3) is 5.91 Å². The van der Waals surface area contributed by atoms with Gasteiger partial charge < -0.3 is 10.1 Å². The molecule has 2 aromatic heterocycles. The summed E-state index contributed by atoms with van der Waals surface area (Å²) in [5.74, 6) is 1.17. The number of amides is 1. The predicted octanol–water partition coefficient (Wildman–Crippen LogP) is 1.38. The van der Waals surface area contributed by atoms with E-state index in [1.54, 1.807) is 6.07 Å². The van der Waals surface area contributed by atoms with Gasteiger partial charge in [-0.1, -0.05) is 0 Å². The van der Waals surface area contributed by atoms with Crippen molar-refractivity contribution in [3.05, 3.63) is 40.7 Å². The molecule has 2 aromatic rings. The zero-order valence-corrected chi connectivity index (χ0v) is 12.9. The Morgan fingerprint density at radius 2 is 2.14 bits per heavy atom. The van der Waals surface area contributed by atoms with E-state index in [1.807, 2.05) is 26.8 Å². The largest absolute Gasteiger partial charge is 0.368 e. The smallest absolute Gasteiger partial charge is 0.253 e. The second-order valence-electron chi connectivity index (χ2n) is 5.52. The van der Waals surface area contributed by atoms with Gasteiger partial charge in [0.15, 0.2) is 5.82 Å². The Labute approximate surface area is 128 Å². The highest BCUT2D eigenvalue weighted by Gasteiger charge is 2.34. The van der Waals surface area contributed by atoms with Crippen LogP contribution in [0.4, 0.5) is 0 Å². The number of H-pyrrole nitrogens is 1. The number of pyridine rings is 1. The molecule has 0 saturated carbocycles. The van der Waals surface area contributed by atoms with Gasteiger partial charge in [0.2, 0.25) is 0 Å². The monoisotopic (exact) mass is 301 g/mol. The number of carbonyl (C=O) groups excluding carboxylic acids is 1. The van der Waals surface area contributed by atoms with Crippen molar-refractivity contribution in [2.45, 2.75) is 39.3 Å². The second-order valence-corrected chi connectivity index (χ2v) is 5.52. The number of nitrogens with one attached hydrogen (secondary N) is 2. The number of aryl methyl sites for hydroxylation is 3. The zero-order valence-electron chi connectivity index (χ0n) is 12.9. The van der Waals surface area contributed by atoms with Crippen molar-refractivity contribution in [2.24, 2.45) is 0 Å². The Kier molecular flexibility index (Phi) is 3.89. The first kappa shape index (κ1) is 14.6. The summed E-state index contributed by atoms with van der Waals surface area (Å²) in [6.45, 7) is 6.15. The van der Waals surface area contributed by atoms with E-state index in [1.165, 1.54) is 0 Å². The fourth-order valence-electron chi connectivity index (χ4n) is 2.65. The fraction of sp³-hybridized carbons (Fsp3) is 0.467. The molecule has 7 nitrogen and oxygen atoms in total. The highest BCUT2D eigenvalue weighted by atomic mass is 16.5. The molecule has 3 heterocycles. The van der Waals surface area contributed by atoms with Crippen LogP contribution in [0.1, 0.15) is 45.9 Å². The first-order chi connectivity index (χ1) is 10.5. The number of aromatic nitrogens is 4. The zero-order chi connectivity index (χ0) is 15.7. The highest BCUT2D eigenvalue weighted by Crippen LogP contribution is 2.27. The summed E-state index contributed by atoms with van der Waals surface area (Å²) in [7, 11) is 0. The SMILES string of the molecule is Cc1ccc(C(=O)N[C@H]2CCO[C@H]2c2n[nH]c(C)n2)c(C)n1. The molecule has 3 rings (SSSR count). The Morgan fingerprint density at radius 1 is 1.32 bits per heavy atom. The molecular formula is C15H19N5O2. The van der Waals surface area contributed by atoms with Gasteiger partial charge in [0, 0.05) is 12.3 Å². The third-order valence-electron chi connectivity index (χ3n) is 3.75. The maximum atomic E-state index is 12.5. The second kappa shape index (κ2) is 5.84. The molecular weight excluding hydrogens is 282 g/mol. The summed E-state index contributed by atoms with van der Waals surface area (Å²) >= 11 is 0. The number of aromatic amines is 1. The lowest BCUT2D eigenvalue weighted by Gasteiger charge is -2.18. The molecule has 0 aromatic carbocycles. The van der Waals surface area contributed by atoms with E-state index >= 15 is 0 Å². The molecule has 1 aliphatic rings. The van der Waals surface area contributed by atoms with Crippen LogP contribution in [-0.2, 0) is 4.74 Å². The quantitative estimate of drug-likeness (QED) is 0.893. The molecule has 22 heavy (non-hydrogen) atoms. The van der Waals surface area contributed by atoms with E-state index in [4.69, 9.17) is 4.74 Å². The highest BCUT2D eigenvalue weighted by molar-refractivity contribution is 5.95. The topological polar surface area (TPSA) is 92.8 Å². The fourth-order valence-corrected chi connectivity index (χ4v) is 2.65. The van der Waals surface area contributed by atoms with Crippen molar-refractivity contribution in [3.63, 3.8) is 0 Å². The van der Waals surface area contributed by atoms with Gasteiger partial charge in [-0.25, -0.2) is 4.98 Å². The Morgan fingerprint density at radius 3 is 2.82 bits per heavy atom. The number of nitrogens with zero attached hydrogens (tertiary/aromatic N) is 3. The van der Waals surface area contributed by atoms with Gasteiger partial charge in [-0.15, -0.1) is 0 Å². The van der Waals surface area contributed by atoms with Crippen LogP contribution in [0, 0.1) is 20.8 Å². The lowest BCUT2D eigenvalue weighted by Crippen LogP contribution is -2.37. The first-order valence-electron chi connectivity index (χ1n) is 7.30. The number of hydrogen-bond acceptors (Lipinski definition) is 5. The van der Waals surface area contributed by atoms with Gasteiger partial charge >= 0.3 is 0 Å². The number of hydrogen-bond donors (Lipinski definition) is 2. The van der Waals surface area contributed by atoms with E-state index in [9.17, 15) is 4.79 Å². The molecule has 0 spiro atoms. The lowest BCUT2D eigenvalue weighted by molar-refractivity contribution is 0.0791. The summed E-state index contributed by atoms with van der Waals surface area (Å²) < 4.78 is 5.68. The van der Waals surface area contributed by atoms with E-state index in [-0.39, 0.29) is 18.1 Å². The van der Waals surface area contributed by atoms with Crippen molar-refractivity contribution in [2.75, 3.05) is 6.61 Å². The molecule has 7 heteroatoms. The van der Waals surface area contributed by atoms with Crippen LogP contribution in [0.5, 0.6) is 0 Å². The average Bonchev–Trinajstić information content (AvgIpc) is 3.07. The third kappa shape index (κ3) is 2.85. The Balaban J connectivity index is 1.75. The van der Waals surface area contributed by atoms with E-state index in [0.29, 0.717) is 18.0 Å². The average molecular weight is 301 g/mol. The summed E-state index contributed by atoms with van der Waals surface area (Å²) in [5.41, 5.74) is 2.21. The molecule has 1 fully saturated rings. The van der Waals surface area contributed by atoms with Crippen molar-refractivity contribution >= 4 is 5.91 Å². The molecule has 116 valence electrons. The number of rotatable bonds is 3. The van der Waals surface area contributed by atoms with Crippen LogP contribution >= 0.6 is 0 Å². The van der Waals surface area contributed by atoms with Crippen molar-refractivity contribution in [3.8, 4) is 0 Å². The van der Waals surface area contributed by atoms with E-state index in [2.05, 4.69) is 25.5 Å². The Hall–Kier alpha value is -2.28. The Bertz CT molecular complexity index is 697. The van der Waals surface area contributed by atoms with Crippen LogP contribution in [0.25, 0.3) is 0 Å². The van der Waals surface area contributed by atoms with Crippen LogP contribution in [0.15, 0.2) is 12.1 Å². The molecule has 1 saturated heterocycles. The van der Waals surface area contributed by atoms with Gasteiger partial charge in [-0.3, -0.25) is 14.9 Å². The predicted molar refractivity (Wildman–Crippen MR) is 79.4 cm³/mol. The first-order valence-corrected chi connectivity index (χ1v) is 7.30. The van der Waals surface area contributed by atoms with Gasteiger partial charge in [0.05, 0.1) is 17.3 Å². The van der Waals surface area contributed by atoms with E-state index in [0.717, 1.165) is 23.6 Å². The van der Waals surface area contributed by atoms with Gasteiger partial charge in [-0.05, 0) is 39.3 Å². The molecule has 0 bridgehead atoms. The summed E-state index contributed by atoms with van der Waals surface area (Å²) in [4.78, 5) is 21.1. The van der Waals surface area contributed by atoms with Crippen LogP contribution in [0.2, 0.25) is 0 Å². The molecule has 1 amide bonds. The number of carbonyl (C=O) groups is 1. The molecule has 0 unspecified atom stereocenters.